The Balaban J connectivity index is 0.920. The predicted molar refractivity (Wildman–Crippen MR) is 275 cm³/mol. The number of fused-ring (bicyclic) bond motifs is 3. The van der Waals surface area contributed by atoms with Crippen molar-refractivity contribution < 1.29 is 29.6 Å². The van der Waals surface area contributed by atoms with Crippen molar-refractivity contribution in [3.05, 3.63) is 222 Å². The second kappa shape index (κ2) is 19.7. The molecular weight excluding hydrogens is 877 g/mol. The average molecular weight is 919 g/mol. The standard InChI is InChI=1S/C58H42N6O6/c65-42-23-13-36(14-24-42)34-59-50-28-30-52(47-11-5-3-9-45(47)50)62-61-41-21-17-39(18-22-41)58(69)70-55-32-20-38-7-1-2-8-44(38)56(55)49-33-40(57(67)68)19-27-54(49)64-63-53-31-29-51(46-10-4-6-12-48(46)53)60-35-37-15-25-43(66)26-16-37/h1-33,59-60,65-66H,34-35H2,(H,67,68)/b62-61+,64-63+. The van der Waals surface area contributed by atoms with E-state index in [1.54, 1.807) is 60.7 Å². The van der Waals surface area contributed by atoms with Crippen LogP contribution in [-0.4, -0.2) is 27.3 Å². The Morgan fingerprint density at radius 1 is 0.457 bits per heavy atom. The number of hydrogen-bond acceptors (Lipinski definition) is 11. The molecule has 0 amide bonds. The summed E-state index contributed by atoms with van der Waals surface area (Å²) < 4.78 is 6.18. The smallest absolute Gasteiger partial charge is 0.343 e. The summed E-state index contributed by atoms with van der Waals surface area (Å²) in [6.45, 7) is 1.11. The maximum absolute atomic E-state index is 14.0. The molecule has 0 unspecified atom stereocenters. The summed E-state index contributed by atoms with van der Waals surface area (Å²) in [6.07, 6.45) is 0. The van der Waals surface area contributed by atoms with E-state index in [-0.39, 0.29) is 28.4 Å². The third-order valence-corrected chi connectivity index (χ3v) is 11.9. The van der Waals surface area contributed by atoms with E-state index in [1.807, 2.05) is 127 Å². The molecule has 10 rings (SSSR count). The Morgan fingerprint density at radius 2 is 0.943 bits per heavy atom. The minimum atomic E-state index is -1.13. The molecule has 12 nitrogen and oxygen atoms in total. The monoisotopic (exact) mass is 918 g/mol. The molecule has 0 spiro atoms. The summed E-state index contributed by atoms with van der Waals surface area (Å²) in [5, 5.41) is 60.2. The van der Waals surface area contributed by atoms with Crippen LogP contribution in [0.25, 0.3) is 43.4 Å². The summed E-state index contributed by atoms with van der Waals surface area (Å²) in [4.78, 5) is 26.4. The summed E-state index contributed by atoms with van der Waals surface area (Å²) >= 11 is 0. The number of rotatable bonds is 14. The topological polar surface area (TPSA) is 178 Å². The van der Waals surface area contributed by atoms with Gasteiger partial charge in [0, 0.05) is 57.1 Å². The van der Waals surface area contributed by atoms with Gasteiger partial charge in [0.05, 0.1) is 33.9 Å². The molecule has 0 radical (unpaired) electrons. The number of anilines is 2. The van der Waals surface area contributed by atoms with Crippen LogP contribution in [0, 0.1) is 0 Å². The van der Waals surface area contributed by atoms with Gasteiger partial charge < -0.3 is 30.7 Å². The second-order valence-electron chi connectivity index (χ2n) is 16.4. The van der Waals surface area contributed by atoms with Gasteiger partial charge in [0.1, 0.15) is 17.2 Å². The number of carbonyl (C=O) groups is 2. The van der Waals surface area contributed by atoms with Gasteiger partial charge in [-0.15, -0.1) is 15.3 Å². The SMILES string of the molecule is O=C(O)c1ccc(/N=N/c2ccc(NCc3ccc(O)cc3)c3ccccc23)c(-c2c(OC(=O)c3ccc(/N=N/c4ccc(NCc5ccc(O)cc5)c5ccccc45)cc3)ccc3ccccc23)c1. The minimum Gasteiger partial charge on any atom is -0.508 e. The van der Waals surface area contributed by atoms with E-state index in [4.69, 9.17) is 15.0 Å². The molecule has 10 aromatic carbocycles. The molecule has 0 saturated heterocycles. The molecule has 340 valence electrons. The number of carboxylic acids is 1. The second-order valence-corrected chi connectivity index (χ2v) is 16.4. The van der Waals surface area contributed by atoms with Crippen LogP contribution in [0.15, 0.2) is 221 Å². The number of nitrogens with zero attached hydrogens (tertiary/aromatic N) is 4. The fourth-order valence-electron chi connectivity index (χ4n) is 8.28. The summed E-state index contributed by atoms with van der Waals surface area (Å²) in [5.41, 5.74) is 7.16. The first-order chi connectivity index (χ1) is 34.2. The van der Waals surface area contributed by atoms with Gasteiger partial charge in [0.2, 0.25) is 0 Å². The van der Waals surface area contributed by atoms with Crippen molar-refractivity contribution in [3.63, 3.8) is 0 Å². The van der Waals surface area contributed by atoms with Gasteiger partial charge in [0.15, 0.2) is 0 Å². The van der Waals surface area contributed by atoms with Crippen molar-refractivity contribution in [2.75, 3.05) is 10.6 Å². The van der Waals surface area contributed by atoms with Gasteiger partial charge in [-0.2, -0.15) is 5.11 Å². The molecule has 0 bridgehead atoms. The number of phenols is 2. The van der Waals surface area contributed by atoms with Gasteiger partial charge in [-0.05, 0) is 119 Å². The molecule has 0 aromatic heterocycles. The molecular formula is C58H42N6O6. The Hall–Kier alpha value is -9.68. The summed E-state index contributed by atoms with van der Waals surface area (Å²) in [7, 11) is 0. The van der Waals surface area contributed by atoms with Crippen molar-refractivity contribution in [1.82, 2.24) is 0 Å². The maximum atomic E-state index is 14.0. The largest absolute Gasteiger partial charge is 0.508 e. The van der Waals surface area contributed by atoms with Crippen LogP contribution < -0.4 is 15.4 Å². The molecule has 0 aliphatic carbocycles. The molecule has 0 fully saturated rings. The lowest BCUT2D eigenvalue weighted by Gasteiger charge is -2.16. The molecule has 10 aromatic rings. The van der Waals surface area contributed by atoms with E-state index in [0.29, 0.717) is 52.4 Å². The highest BCUT2D eigenvalue weighted by Gasteiger charge is 2.21. The molecule has 0 heterocycles. The number of hydrogen-bond donors (Lipinski definition) is 5. The number of esters is 1. The number of azo groups is 2. The van der Waals surface area contributed by atoms with Crippen LogP contribution in [0.2, 0.25) is 0 Å². The fourth-order valence-corrected chi connectivity index (χ4v) is 8.28. The minimum absolute atomic E-state index is 0.0182. The normalized spacial score (nSPS) is 11.4. The molecule has 0 saturated carbocycles. The lowest BCUT2D eigenvalue weighted by Crippen LogP contribution is -2.09. The van der Waals surface area contributed by atoms with E-state index >= 15 is 0 Å². The third kappa shape index (κ3) is 9.59. The number of carboxylic acid groups (broad SMARTS) is 1. The van der Waals surface area contributed by atoms with Gasteiger partial charge in [-0.1, -0.05) is 103 Å². The predicted octanol–water partition coefficient (Wildman–Crippen LogP) is 15.2. The maximum Gasteiger partial charge on any atom is 0.343 e. The van der Waals surface area contributed by atoms with Gasteiger partial charge in [0.25, 0.3) is 0 Å². The Kier molecular flexibility index (Phi) is 12.4. The number of aromatic carboxylic acids is 1. The highest BCUT2D eigenvalue weighted by Crippen LogP contribution is 2.44. The number of aromatic hydroxyl groups is 2. The van der Waals surface area contributed by atoms with Crippen LogP contribution >= 0.6 is 0 Å². The highest BCUT2D eigenvalue weighted by molar-refractivity contribution is 6.06. The zero-order valence-corrected chi connectivity index (χ0v) is 37.3. The number of benzene rings is 10. The Labute approximate surface area is 401 Å². The van der Waals surface area contributed by atoms with Gasteiger partial charge in [-0.3, -0.25) is 0 Å². The molecule has 5 N–H and O–H groups in total. The highest BCUT2D eigenvalue weighted by atomic mass is 16.5. The van der Waals surface area contributed by atoms with Crippen LogP contribution in [0.5, 0.6) is 17.2 Å². The first-order valence-corrected chi connectivity index (χ1v) is 22.4. The first-order valence-electron chi connectivity index (χ1n) is 22.4. The Morgan fingerprint density at radius 3 is 1.51 bits per heavy atom. The molecule has 70 heavy (non-hydrogen) atoms. The summed E-state index contributed by atoms with van der Waals surface area (Å²) in [6, 6.07) is 59.9. The lowest BCUT2D eigenvalue weighted by atomic mass is 9.94. The molecule has 0 aliphatic rings. The average Bonchev–Trinajstić information content (AvgIpc) is 3.39. The van der Waals surface area contributed by atoms with Crippen molar-refractivity contribution in [3.8, 4) is 28.4 Å². The van der Waals surface area contributed by atoms with Crippen molar-refractivity contribution >= 4 is 78.4 Å². The van der Waals surface area contributed by atoms with Crippen LogP contribution in [-0.2, 0) is 13.1 Å². The van der Waals surface area contributed by atoms with Gasteiger partial charge in [-0.25, -0.2) is 9.59 Å². The van der Waals surface area contributed by atoms with E-state index < -0.39 is 11.9 Å². The van der Waals surface area contributed by atoms with E-state index in [1.165, 1.54) is 12.1 Å². The molecule has 0 atom stereocenters. The third-order valence-electron chi connectivity index (χ3n) is 11.9. The fraction of sp³-hybridized carbons (Fsp3) is 0.0345. The van der Waals surface area contributed by atoms with Crippen molar-refractivity contribution in [2.45, 2.75) is 13.1 Å². The van der Waals surface area contributed by atoms with Crippen LogP contribution in [0.4, 0.5) is 34.1 Å². The van der Waals surface area contributed by atoms with E-state index in [2.05, 4.69) is 20.9 Å². The molecule has 12 heteroatoms. The molecule has 0 aliphatic heterocycles. The van der Waals surface area contributed by atoms with E-state index in [9.17, 15) is 24.9 Å². The quantitative estimate of drug-likeness (QED) is 0.0406. The van der Waals surface area contributed by atoms with Crippen LogP contribution in [0.3, 0.4) is 0 Å². The number of nitrogens with one attached hydrogen (secondary N) is 2. The number of ether oxygens (including phenoxy) is 1. The Bertz CT molecular complexity index is 3650. The van der Waals surface area contributed by atoms with E-state index in [0.717, 1.165) is 49.4 Å². The number of phenolic OH excluding ortho intramolecular Hbond substituents is 2. The number of carbonyl (C=O) groups excluding carboxylic acids is 1. The van der Waals surface area contributed by atoms with Crippen molar-refractivity contribution in [1.29, 1.82) is 0 Å². The van der Waals surface area contributed by atoms with Crippen molar-refractivity contribution in [2.24, 2.45) is 20.5 Å². The lowest BCUT2D eigenvalue weighted by molar-refractivity contribution is 0.0694. The zero-order chi connectivity index (χ0) is 48.0. The van der Waals surface area contributed by atoms with Crippen LogP contribution in [0.1, 0.15) is 31.8 Å². The summed E-state index contributed by atoms with van der Waals surface area (Å²) in [5.74, 6) is -1.14. The van der Waals surface area contributed by atoms with Gasteiger partial charge >= 0.3 is 11.9 Å². The first kappa shape index (κ1) is 44.2. The zero-order valence-electron chi connectivity index (χ0n) is 37.3.